The highest BCUT2D eigenvalue weighted by Gasteiger charge is 2.22. The molecule has 4 heterocycles. The fourth-order valence-electron chi connectivity index (χ4n) is 15.9. The molecule has 2 nitrogen and oxygen atoms in total. The van der Waals surface area contributed by atoms with E-state index in [-0.39, 0.29) is 0 Å². The van der Waals surface area contributed by atoms with Crippen molar-refractivity contribution in [3.05, 3.63) is 328 Å². The molecule has 2 heteroatoms. The number of para-hydroxylation sites is 4. The topological polar surface area (TPSA) is 8.82 Å². The predicted molar refractivity (Wildman–Crippen MR) is 392 cm³/mol. The summed E-state index contributed by atoms with van der Waals surface area (Å²) in [7, 11) is 0. The molecule has 0 spiro atoms. The van der Waals surface area contributed by atoms with Crippen molar-refractivity contribution < 1.29 is 0 Å². The van der Waals surface area contributed by atoms with E-state index in [4.69, 9.17) is 0 Å². The van der Waals surface area contributed by atoms with Crippen LogP contribution in [0, 0.1) is 0 Å². The van der Waals surface area contributed by atoms with Crippen molar-refractivity contribution in [3.63, 3.8) is 0 Å². The Hall–Kier alpha value is -12.1. The van der Waals surface area contributed by atoms with Crippen LogP contribution in [0.3, 0.4) is 0 Å². The zero-order valence-corrected chi connectivity index (χ0v) is 50.1. The summed E-state index contributed by atoms with van der Waals surface area (Å²) in [6, 6.07) is 123. The minimum Gasteiger partial charge on any atom is -0.308 e. The van der Waals surface area contributed by atoms with Crippen LogP contribution in [-0.2, 0) is 0 Å². The fourth-order valence-corrected chi connectivity index (χ4v) is 15.9. The summed E-state index contributed by atoms with van der Waals surface area (Å²) in [6.07, 6.45) is 0. The zero-order valence-electron chi connectivity index (χ0n) is 50.1. The third kappa shape index (κ3) is 7.62. The largest absolute Gasteiger partial charge is 0.308 e. The Balaban J connectivity index is 0.799. The van der Waals surface area contributed by atoms with Gasteiger partial charge in [-0.3, -0.25) is 0 Å². The molecule has 4 aromatic heterocycles. The monoisotopic (exact) mass is 1160 g/mol. The second-order valence-corrected chi connectivity index (χ2v) is 25.1. The summed E-state index contributed by atoms with van der Waals surface area (Å²) >= 11 is 0. The van der Waals surface area contributed by atoms with Gasteiger partial charge in [0, 0.05) is 43.1 Å². The van der Waals surface area contributed by atoms with E-state index in [0.29, 0.717) is 0 Å². The van der Waals surface area contributed by atoms with Crippen LogP contribution in [0.15, 0.2) is 328 Å². The maximum atomic E-state index is 2.48. The smallest absolute Gasteiger partial charge is 0.0620 e. The van der Waals surface area contributed by atoms with Gasteiger partial charge in [0.05, 0.1) is 33.1 Å². The van der Waals surface area contributed by atoms with Gasteiger partial charge < -0.3 is 8.80 Å². The summed E-state index contributed by atoms with van der Waals surface area (Å²) in [5, 5.41) is 17.8. The van der Waals surface area contributed by atoms with E-state index >= 15 is 0 Å². The van der Waals surface area contributed by atoms with Gasteiger partial charge in [-0.1, -0.05) is 243 Å². The second kappa shape index (κ2) is 19.7. The first-order chi connectivity index (χ1) is 45.6. The number of aromatic nitrogens is 2. The molecule has 16 aromatic carbocycles. The summed E-state index contributed by atoms with van der Waals surface area (Å²) in [4.78, 5) is 0. The van der Waals surface area contributed by atoms with Gasteiger partial charge in [-0.2, -0.15) is 0 Å². The number of hydrogen-bond donors (Lipinski definition) is 0. The Morgan fingerprint density at radius 1 is 0.130 bits per heavy atom. The molecule has 0 aliphatic rings. The van der Waals surface area contributed by atoms with Crippen LogP contribution in [0.1, 0.15) is 0 Å². The van der Waals surface area contributed by atoms with Crippen LogP contribution in [0.25, 0.3) is 198 Å². The van der Waals surface area contributed by atoms with Crippen molar-refractivity contribution in [1.29, 1.82) is 0 Å². The molecule has 0 aliphatic heterocycles. The SMILES string of the molecule is c1ccc(-c2ccc(-c3cccc(-c4cc(-c5ccc6c(c5)c5cccc7c8ccccc8n6c75)cc(-c5ccc(-c6cccc(-c7cc8c9ccccc9n9c%10ccccc%10c(c7)c89)c6)cc5-c5ccc6c7ccccc7c7ccccc7c6c5)c4)c3)cc2)cc1. The molecule has 0 amide bonds. The third-order valence-corrected chi connectivity index (χ3v) is 20.1. The number of fused-ring (bicyclic) bond motifs is 18. The molecule has 0 bridgehead atoms. The van der Waals surface area contributed by atoms with Gasteiger partial charge >= 0.3 is 0 Å². The molecule has 0 N–H and O–H groups in total. The highest BCUT2D eigenvalue weighted by Crippen LogP contribution is 2.47. The molecule has 0 atom stereocenters. The lowest BCUT2D eigenvalue weighted by Crippen LogP contribution is -1.92. The van der Waals surface area contributed by atoms with E-state index in [1.54, 1.807) is 0 Å². The summed E-state index contributed by atoms with van der Waals surface area (Å²) in [5.74, 6) is 0. The van der Waals surface area contributed by atoms with E-state index < -0.39 is 0 Å². The van der Waals surface area contributed by atoms with Crippen molar-refractivity contribution in [3.8, 4) is 89.0 Å². The first kappa shape index (κ1) is 50.9. The van der Waals surface area contributed by atoms with Crippen molar-refractivity contribution in [2.75, 3.05) is 0 Å². The van der Waals surface area contributed by atoms with Crippen LogP contribution >= 0.6 is 0 Å². The average Bonchev–Trinajstić information content (AvgIpc) is 1.53. The molecular formula is C90H54N2. The van der Waals surface area contributed by atoms with E-state index in [1.807, 2.05) is 0 Å². The lowest BCUT2D eigenvalue weighted by Gasteiger charge is -2.18. The number of rotatable bonds is 8. The van der Waals surface area contributed by atoms with Gasteiger partial charge in [-0.15, -0.1) is 0 Å². The summed E-state index contributed by atoms with van der Waals surface area (Å²) < 4.78 is 4.94. The van der Waals surface area contributed by atoms with Crippen LogP contribution < -0.4 is 0 Å². The van der Waals surface area contributed by atoms with Crippen LogP contribution in [0.5, 0.6) is 0 Å². The minimum absolute atomic E-state index is 1.15. The van der Waals surface area contributed by atoms with Gasteiger partial charge in [-0.05, 0) is 206 Å². The molecule has 0 aliphatic carbocycles. The van der Waals surface area contributed by atoms with Crippen LogP contribution in [0.2, 0.25) is 0 Å². The molecular weight excluding hydrogens is 1110 g/mol. The lowest BCUT2D eigenvalue weighted by atomic mass is 9.86. The van der Waals surface area contributed by atoms with Crippen molar-refractivity contribution >= 4 is 109 Å². The molecule has 0 unspecified atom stereocenters. The Morgan fingerprint density at radius 3 is 1.04 bits per heavy atom. The molecule has 0 saturated carbocycles. The quantitative estimate of drug-likeness (QED) is 0.134. The van der Waals surface area contributed by atoms with Gasteiger partial charge in [0.25, 0.3) is 0 Å². The van der Waals surface area contributed by atoms with Crippen molar-refractivity contribution in [2.24, 2.45) is 0 Å². The normalized spacial score (nSPS) is 12.1. The Labute approximate surface area is 530 Å². The summed E-state index contributed by atoms with van der Waals surface area (Å²) in [5.41, 5.74) is 26.4. The summed E-state index contributed by atoms with van der Waals surface area (Å²) in [6.45, 7) is 0. The predicted octanol–water partition coefficient (Wildman–Crippen LogP) is 24.8. The Kier molecular flexibility index (Phi) is 10.9. The molecule has 424 valence electrons. The van der Waals surface area contributed by atoms with Crippen LogP contribution in [0.4, 0.5) is 0 Å². The minimum atomic E-state index is 1.15. The molecule has 20 rings (SSSR count). The van der Waals surface area contributed by atoms with E-state index in [9.17, 15) is 0 Å². The molecule has 0 saturated heterocycles. The highest BCUT2D eigenvalue weighted by molar-refractivity contribution is 6.27. The van der Waals surface area contributed by atoms with E-state index in [0.717, 1.165) is 27.8 Å². The maximum Gasteiger partial charge on any atom is 0.0620 e. The second-order valence-electron chi connectivity index (χ2n) is 25.1. The molecule has 20 aromatic rings. The van der Waals surface area contributed by atoms with Gasteiger partial charge in [0.1, 0.15) is 0 Å². The first-order valence-corrected chi connectivity index (χ1v) is 31.9. The Morgan fingerprint density at radius 2 is 0.446 bits per heavy atom. The van der Waals surface area contributed by atoms with Gasteiger partial charge in [0.2, 0.25) is 0 Å². The van der Waals surface area contributed by atoms with Gasteiger partial charge in [-0.25, -0.2) is 0 Å². The van der Waals surface area contributed by atoms with Crippen molar-refractivity contribution in [1.82, 2.24) is 8.80 Å². The number of nitrogens with zero attached hydrogens (tertiary/aromatic N) is 2. The Bertz CT molecular complexity index is 6300. The third-order valence-electron chi connectivity index (χ3n) is 20.1. The number of benzene rings is 16. The number of hydrogen-bond acceptors (Lipinski definition) is 0. The molecule has 92 heavy (non-hydrogen) atoms. The standard InChI is InChI=1S/C90H54N2/c1-2-17-55(18-3-1)56-35-37-57(38-36-56)58-19-14-21-60(45-58)65-47-66(63-41-44-88-82(51-63)79-31-16-30-78-75-27-8-11-32-85(75)92(88)89(78)79)49-68(48-65)69-42-39-62(50-80(69)64-40-43-74-72-25-5-4-23-70(72)71-24-6-7-26-73(71)81(74)52-64)59-20-15-22-61(46-59)67-53-83-76-28-9-12-33-86(76)91-87-34-13-10-29-77(87)84(54-67)90(83)91/h1-54H. The lowest BCUT2D eigenvalue weighted by molar-refractivity contribution is 1.37. The average molecular weight is 1160 g/mol. The molecule has 0 radical (unpaired) electrons. The molecule has 0 fully saturated rings. The fraction of sp³-hybridized carbons (Fsp3) is 0. The van der Waals surface area contributed by atoms with E-state index in [2.05, 4.69) is 336 Å². The highest BCUT2D eigenvalue weighted by atomic mass is 14.9. The van der Waals surface area contributed by atoms with Crippen molar-refractivity contribution in [2.45, 2.75) is 0 Å². The zero-order chi connectivity index (χ0) is 60.1. The van der Waals surface area contributed by atoms with Gasteiger partial charge in [0.15, 0.2) is 0 Å². The van der Waals surface area contributed by atoms with E-state index in [1.165, 1.54) is 170 Å². The van der Waals surface area contributed by atoms with Crippen LogP contribution in [-0.4, -0.2) is 8.80 Å². The maximum absolute atomic E-state index is 2.48. The first-order valence-electron chi connectivity index (χ1n) is 31.9.